The van der Waals surface area contributed by atoms with Crippen LogP contribution in [-0.4, -0.2) is 16.0 Å². The van der Waals surface area contributed by atoms with Gasteiger partial charge in [0.1, 0.15) is 17.1 Å². The predicted molar refractivity (Wildman–Crippen MR) is 123 cm³/mol. The van der Waals surface area contributed by atoms with E-state index in [-0.39, 0.29) is 11.3 Å². The molecular weight excluding hydrogens is 426 g/mol. The second-order valence-electron chi connectivity index (χ2n) is 7.19. The molecule has 5 aromatic rings. The van der Waals surface area contributed by atoms with E-state index in [1.165, 1.54) is 12.3 Å². The number of fused-ring (bicyclic) bond motifs is 1. The normalized spacial score (nSPS) is 11.3. The van der Waals surface area contributed by atoms with Crippen LogP contribution in [0.3, 0.4) is 0 Å². The van der Waals surface area contributed by atoms with Crippen molar-refractivity contribution in [2.24, 2.45) is 5.10 Å². The molecule has 0 bridgehead atoms. The van der Waals surface area contributed by atoms with Crippen molar-refractivity contribution >= 4 is 22.9 Å². The first-order chi connectivity index (χ1) is 16.1. The zero-order valence-electron chi connectivity index (χ0n) is 17.1. The zero-order valence-corrected chi connectivity index (χ0v) is 17.1. The Balaban J connectivity index is 1.59. The van der Waals surface area contributed by atoms with Crippen molar-refractivity contribution in [3.63, 3.8) is 0 Å². The largest absolute Gasteiger partial charge is 0.422 e. The summed E-state index contributed by atoms with van der Waals surface area (Å²) in [5, 5.41) is 9.40. The molecule has 33 heavy (non-hydrogen) atoms. The zero-order chi connectivity index (χ0) is 22.8. The minimum atomic E-state index is -0.775. The molecule has 8 heteroatoms. The fraction of sp³-hybridized carbons (Fsp3) is 0. The first kappa shape index (κ1) is 20.3. The molecule has 0 unspecified atom stereocenters. The monoisotopic (exact) mass is 442 g/mol. The minimum Gasteiger partial charge on any atom is -0.422 e. The first-order valence-electron chi connectivity index (χ1n) is 10.0. The molecule has 0 radical (unpaired) electrons. The fourth-order valence-electron chi connectivity index (χ4n) is 3.38. The molecule has 0 aliphatic carbocycles. The van der Waals surface area contributed by atoms with Gasteiger partial charge in [0, 0.05) is 23.2 Å². The highest BCUT2D eigenvalue weighted by molar-refractivity contribution is 5.91. The lowest BCUT2D eigenvalue weighted by Crippen LogP contribution is -2.05. The molecule has 0 saturated heterocycles. The molecule has 0 aliphatic rings. The van der Waals surface area contributed by atoms with Gasteiger partial charge in [0.25, 0.3) is 0 Å². The lowest BCUT2D eigenvalue weighted by Gasteiger charge is -2.02. The smallest absolute Gasteiger partial charge is 0.345 e. The summed E-state index contributed by atoms with van der Waals surface area (Å²) in [6.45, 7) is 0. The second kappa shape index (κ2) is 8.51. The van der Waals surface area contributed by atoms with E-state index in [4.69, 9.17) is 4.42 Å². The molecule has 0 saturated carbocycles. The maximum atomic E-state index is 13.9. The van der Waals surface area contributed by atoms with Gasteiger partial charge in [-0.2, -0.15) is 10.2 Å². The van der Waals surface area contributed by atoms with Gasteiger partial charge < -0.3 is 4.42 Å². The van der Waals surface area contributed by atoms with Gasteiger partial charge in [0.15, 0.2) is 5.82 Å². The number of halogens is 2. The molecule has 0 spiro atoms. The number of hydrogen-bond donors (Lipinski definition) is 1. The molecule has 1 N–H and O–H groups in total. The van der Waals surface area contributed by atoms with Crippen LogP contribution in [-0.2, 0) is 0 Å². The Morgan fingerprint density at radius 2 is 1.76 bits per heavy atom. The maximum absolute atomic E-state index is 13.9. The molecular formula is C25H16F2N4O2. The third-order valence-electron chi connectivity index (χ3n) is 4.98. The summed E-state index contributed by atoms with van der Waals surface area (Å²) in [4.78, 5) is 12.7. The quantitative estimate of drug-likeness (QED) is 0.226. The van der Waals surface area contributed by atoms with Gasteiger partial charge in [0.05, 0.1) is 23.2 Å². The summed E-state index contributed by atoms with van der Waals surface area (Å²) in [6, 6.07) is 21.4. The molecule has 2 heterocycles. The number of benzene rings is 3. The number of nitrogens with zero attached hydrogens (tertiary/aromatic N) is 3. The molecule has 0 aliphatic heterocycles. The Kier molecular flexibility index (Phi) is 5.24. The van der Waals surface area contributed by atoms with E-state index in [1.807, 2.05) is 42.5 Å². The van der Waals surface area contributed by atoms with E-state index in [1.54, 1.807) is 29.1 Å². The number of nitrogens with one attached hydrogen (secondary N) is 1. The van der Waals surface area contributed by atoms with Crippen LogP contribution in [0.2, 0.25) is 0 Å². The van der Waals surface area contributed by atoms with Crippen molar-refractivity contribution in [1.29, 1.82) is 0 Å². The van der Waals surface area contributed by atoms with Crippen LogP contribution < -0.4 is 11.1 Å². The molecule has 5 rings (SSSR count). The van der Waals surface area contributed by atoms with Crippen molar-refractivity contribution in [3.05, 3.63) is 113 Å². The summed E-state index contributed by atoms with van der Waals surface area (Å²) < 4.78 is 34.1. The SMILES string of the molecule is O=c1oc2ccccc2cc1-c1nn(-c2ccccc2)cc1/C=N/Nc1ccc(F)cc1F. The summed E-state index contributed by atoms with van der Waals surface area (Å²) in [7, 11) is 0. The topological polar surface area (TPSA) is 72.4 Å². The van der Waals surface area contributed by atoms with Gasteiger partial charge in [-0.3, -0.25) is 5.43 Å². The molecule has 0 amide bonds. The van der Waals surface area contributed by atoms with Crippen molar-refractivity contribution in [2.45, 2.75) is 0 Å². The maximum Gasteiger partial charge on any atom is 0.345 e. The highest BCUT2D eigenvalue weighted by Gasteiger charge is 2.16. The standard InChI is InChI=1S/C25H16F2N4O2/c26-18-10-11-22(21(27)13-18)29-28-14-17-15-31(19-7-2-1-3-8-19)30-24(17)20-12-16-6-4-5-9-23(16)33-25(20)32/h1-15,29H/b28-14+. The Morgan fingerprint density at radius 1 is 0.970 bits per heavy atom. The fourth-order valence-corrected chi connectivity index (χ4v) is 3.38. The highest BCUT2D eigenvalue weighted by atomic mass is 19.1. The molecule has 0 fully saturated rings. The van der Waals surface area contributed by atoms with Gasteiger partial charge in [-0.1, -0.05) is 36.4 Å². The average molecular weight is 442 g/mol. The number of rotatable bonds is 5. The average Bonchev–Trinajstić information content (AvgIpc) is 3.24. The molecule has 6 nitrogen and oxygen atoms in total. The molecule has 3 aromatic carbocycles. The van der Waals surface area contributed by atoms with Crippen molar-refractivity contribution < 1.29 is 13.2 Å². The van der Waals surface area contributed by atoms with Crippen molar-refractivity contribution in [1.82, 2.24) is 9.78 Å². The Hall–Kier alpha value is -4.59. The van der Waals surface area contributed by atoms with Crippen molar-refractivity contribution in [2.75, 3.05) is 5.43 Å². The van der Waals surface area contributed by atoms with Crippen LogP contribution in [0.15, 0.2) is 99.4 Å². The second-order valence-corrected chi connectivity index (χ2v) is 7.19. The van der Waals surface area contributed by atoms with E-state index in [2.05, 4.69) is 15.6 Å². The lowest BCUT2D eigenvalue weighted by atomic mass is 10.1. The summed E-state index contributed by atoms with van der Waals surface area (Å²) in [5.41, 5.74) is 4.37. The summed E-state index contributed by atoms with van der Waals surface area (Å²) >= 11 is 0. The number of anilines is 1. The number of para-hydroxylation sites is 2. The van der Waals surface area contributed by atoms with Gasteiger partial charge in [-0.05, 0) is 36.4 Å². The van der Waals surface area contributed by atoms with Crippen LogP contribution in [0.4, 0.5) is 14.5 Å². The van der Waals surface area contributed by atoms with Gasteiger partial charge in [-0.15, -0.1) is 0 Å². The number of hydrogen-bond acceptors (Lipinski definition) is 5. The van der Waals surface area contributed by atoms with E-state index >= 15 is 0 Å². The van der Waals surface area contributed by atoms with E-state index in [0.717, 1.165) is 23.2 Å². The van der Waals surface area contributed by atoms with Gasteiger partial charge in [0.2, 0.25) is 0 Å². The Morgan fingerprint density at radius 3 is 2.58 bits per heavy atom. The minimum absolute atomic E-state index is 0.00914. The predicted octanol–water partition coefficient (Wildman–Crippen LogP) is 5.37. The van der Waals surface area contributed by atoms with E-state index in [9.17, 15) is 13.6 Å². The highest BCUT2D eigenvalue weighted by Crippen LogP contribution is 2.24. The van der Waals surface area contributed by atoms with E-state index < -0.39 is 17.3 Å². The van der Waals surface area contributed by atoms with Gasteiger partial charge in [-0.25, -0.2) is 18.3 Å². The van der Waals surface area contributed by atoms with Gasteiger partial charge >= 0.3 is 5.63 Å². The Labute approximate surface area is 186 Å². The van der Waals surface area contributed by atoms with Crippen LogP contribution in [0.25, 0.3) is 27.9 Å². The third-order valence-corrected chi connectivity index (χ3v) is 4.98. The van der Waals surface area contributed by atoms with Crippen LogP contribution in [0.5, 0.6) is 0 Å². The first-order valence-corrected chi connectivity index (χ1v) is 10.0. The molecule has 2 aromatic heterocycles. The summed E-state index contributed by atoms with van der Waals surface area (Å²) in [6.07, 6.45) is 3.12. The third kappa shape index (κ3) is 4.14. The molecule has 162 valence electrons. The number of aromatic nitrogens is 2. The number of hydrazone groups is 1. The van der Waals surface area contributed by atoms with Crippen LogP contribution in [0, 0.1) is 11.6 Å². The lowest BCUT2D eigenvalue weighted by molar-refractivity contribution is 0.563. The van der Waals surface area contributed by atoms with Crippen LogP contribution >= 0.6 is 0 Å². The van der Waals surface area contributed by atoms with E-state index in [0.29, 0.717) is 16.8 Å². The Bertz CT molecular complexity index is 1540. The van der Waals surface area contributed by atoms with Crippen molar-refractivity contribution in [3.8, 4) is 16.9 Å². The van der Waals surface area contributed by atoms with Crippen LogP contribution in [0.1, 0.15) is 5.56 Å². The molecule has 0 atom stereocenters. The summed E-state index contributed by atoms with van der Waals surface area (Å²) in [5.74, 6) is -1.46.